The average molecular weight is 382 g/mol. The van der Waals surface area contributed by atoms with Gasteiger partial charge >= 0.3 is 0 Å². The fourth-order valence-corrected chi connectivity index (χ4v) is 3.51. The van der Waals surface area contributed by atoms with E-state index in [1.165, 1.54) is 0 Å². The van der Waals surface area contributed by atoms with E-state index in [4.69, 9.17) is 18.9 Å². The van der Waals surface area contributed by atoms with Gasteiger partial charge in [0.05, 0.1) is 32.0 Å². The van der Waals surface area contributed by atoms with Gasteiger partial charge < -0.3 is 18.9 Å². The number of nitrogens with one attached hydrogen (secondary N) is 1. The molecule has 1 unspecified atom stereocenters. The lowest BCUT2D eigenvalue weighted by Gasteiger charge is -2.35. The molecular formula is C21H22N2O5. The molecular weight excluding hydrogens is 360 g/mol. The average Bonchev–Trinajstić information content (AvgIpc) is 3.15. The largest absolute Gasteiger partial charge is 0.497 e. The molecule has 2 heterocycles. The van der Waals surface area contributed by atoms with Crippen LogP contribution in [0.2, 0.25) is 0 Å². The van der Waals surface area contributed by atoms with Gasteiger partial charge in [-0.15, -0.1) is 0 Å². The van der Waals surface area contributed by atoms with Crippen molar-refractivity contribution in [3.63, 3.8) is 0 Å². The number of hydrogen-bond donors (Lipinski definition) is 1. The molecule has 1 amide bonds. The van der Waals surface area contributed by atoms with E-state index in [9.17, 15) is 4.79 Å². The van der Waals surface area contributed by atoms with E-state index in [0.29, 0.717) is 12.4 Å². The Labute approximate surface area is 163 Å². The lowest BCUT2D eigenvalue weighted by molar-refractivity contribution is -0.130. The summed E-state index contributed by atoms with van der Waals surface area (Å²) in [5.74, 6) is 1.98. The molecule has 1 atom stereocenters. The van der Waals surface area contributed by atoms with Crippen LogP contribution in [0.3, 0.4) is 0 Å². The number of hydrogen-bond acceptors (Lipinski definition) is 6. The first-order valence-corrected chi connectivity index (χ1v) is 9.10. The van der Waals surface area contributed by atoms with E-state index in [-0.39, 0.29) is 19.1 Å². The summed E-state index contributed by atoms with van der Waals surface area (Å²) in [5.41, 5.74) is 4.77. The van der Waals surface area contributed by atoms with Crippen LogP contribution in [0.15, 0.2) is 41.5 Å². The first-order valence-electron chi connectivity index (χ1n) is 9.10. The van der Waals surface area contributed by atoms with Crippen LogP contribution in [0.5, 0.6) is 17.2 Å². The Balaban J connectivity index is 1.43. The molecule has 0 saturated carbocycles. The number of carbonyl (C=O) groups is 1. The summed E-state index contributed by atoms with van der Waals surface area (Å²) in [6.45, 7) is 2.68. The third-order valence-electron chi connectivity index (χ3n) is 4.98. The van der Waals surface area contributed by atoms with Crippen LogP contribution < -0.4 is 19.6 Å². The molecule has 28 heavy (non-hydrogen) atoms. The molecule has 0 aliphatic carbocycles. The van der Waals surface area contributed by atoms with Gasteiger partial charge in [-0.3, -0.25) is 4.79 Å². The predicted octanol–water partition coefficient (Wildman–Crippen LogP) is 2.75. The van der Waals surface area contributed by atoms with Crippen molar-refractivity contribution in [2.75, 3.05) is 20.5 Å². The smallest absolute Gasteiger partial charge is 0.243 e. The number of benzene rings is 2. The summed E-state index contributed by atoms with van der Waals surface area (Å²) in [6, 6.07) is 11.3. The van der Waals surface area contributed by atoms with Crippen molar-refractivity contribution in [1.82, 2.24) is 5.43 Å². The molecule has 0 aromatic heterocycles. The third-order valence-corrected chi connectivity index (χ3v) is 4.98. The summed E-state index contributed by atoms with van der Waals surface area (Å²) < 4.78 is 22.0. The Morgan fingerprint density at radius 3 is 2.75 bits per heavy atom. The zero-order valence-electron chi connectivity index (χ0n) is 15.9. The van der Waals surface area contributed by atoms with Crippen LogP contribution in [0.25, 0.3) is 0 Å². The van der Waals surface area contributed by atoms with Gasteiger partial charge in [0.25, 0.3) is 0 Å². The minimum Gasteiger partial charge on any atom is -0.497 e. The van der Waals surface area contributed by atoms with Crippen molar-refractivity contribution in [2.45, 2.75) is 25.4 Å². The van der Waals surface area contributed by atoms with E-state index >= 15 is 0 Å². The number of rotatable bonds is 5. The molecule has 2 aromatic rings. The second-order valence-electron chi connectivity index (χ2n) is 6.94. The molecule has 2 aliphatic heterocycles. The maximum atomic E-state index is 12.5. The monoisotopic (exact) mass is 382 g/mol. The number of methoxy groups -OCH3 is 1. The maximum absolute atomic E-state index is 12.5. The minimum atomic E-state index is -0.742. The van der Waals surface area contributed by atoms with Gasteiger partial charge in [-0.25, -0.2) is 5.43 Å². The summed E-state index contributed by atoms with van der Waals surface area (Å²) in [4.78, 5) is 12.5. The van der Waals surface area contributed by atoms with Crippen molar-refractivity contribution >= 4 is 12.1 Å². The minimum absolute atomic E-state index is 0.152. The second kappa shape index (κ2) is 7.52. The molecule has 0 bridgehead atoms. The van der Waals surface area contributed by atoms with E-state index in [0.717, 1.165) is 34.6 Å². The van der Waals surface area contributed by atoms with Gasteiger partial charge in [-0.2, -0.15) is 5.10 Å². The lowest BCUT2D eigenvalue weighted by Crippen LogP contribution is -2.37. The third kappa shape index (κ3) is 3.66. The molecule has 1 N–H and O–H groups in total. The zero-order chi connectivity index (χ0) is 19.6. The fraction of sp³-hybridized carbons (Fsp3) is 0.333. The van der Waals surface area contributed by atoms with Crippen LogP contribution in [-0.2, 0) is 21.6 Å². The van der Waals surface area contributed by atoms with Crippen LogP contribution in [0.4, 0.5) is 0 Å². The molecule has 7 nitrogen and oxygen atoms in total. The molecule has 0 fully saturated rings. The van der Waals surface area contributed by atoms with Gasteiger partial charge in [0.1, 0.15) is 5.75 Å². The van der Waals surface area contributed by atoms with Crippen molar-refractivity contribution < 1.29 is 23.7 Å². The van der Waals surface area contributed by atoms with Gasteiger partial charge in [0.2, 0.25) is 12.7 Å². The summed E-state index contributed by atoms with van der Waals surface area (Å²) >= 11 is 0. The Bertz CT molecular complexity index is 910. The molecule has 146 valence electrons. The van der Waals surface area contributed by atoms with Crippen molar-refractivity contribution in [3.8, 4) is 17.2 Å². The van der Waals surface area contributed by atoms with E-state index < -0.39 is 5.60 Å². The number of amides is 1. The van der Waals surface area contributed by atoms with Crippen LogP contribution in [0, 0.1) is 0 Å². The Hall–Kier alpha value is -3.06. The number of hydrazone groups is 1. The van der Waals surface area contributed by atoms with E-state index in [1.54, 1.807) is 13.3 Å². The number of ether oxygens (including phenoxy) is 4. The molecule has 0 saturated heterocycles. The first-order chi connectivity index (χ1) is 13.6. The molecule has 2 aromatic carbocycles. The molecule has 2 aliphatic rings. The fourth-order valence-electron chi connectivity index (χ4n) is 3.51. The Kier molecular flexibility index (Phi) is 4.92. The van der Waals surface area contributed by atoms with E-state index in [2.05, 4.69) is 10.5 Å². The Morgan fingerprint density at radius 2 is 2.00 bits per heavy atom. The zero-order valence-corrected chi connectivity index (χ0v) is 15.9. The summed E-state index contributed by atoms with van der Waals surface area (Å²) in [6.07, 6.45) is 2.52. The van der Waals surface area contributed by atoms with Crippen molar-refractivity contribution in [2.24, 2.45) is 5.10 Å². The van der Waals surface area contributed by atoms with Crippen molar-refractivity contribution in [3.05, 3.63) is 53.1 Å². The topological polar surface area (TPSA) is 78.4 Å². The number of carbonyl (C=O) groups excluding carboxylic acids is 1. The number of nitrogens with zero attached hydrogens (tertiary/aromatic N) is 1. The first kappa shape index (κ1) is 18.3. The van der Waals surface area contributed by atoms with Gasteiger partial charge in [-0.05, 0) is 66.4 Å². The lowest BCUT2D eigenvalue weighted by atomic mass is 9.84. The highest BCUT2D eigenvalue weighted by atomic mass is 16.7. The molecule has 0 radical (unpaired) electrons. The van der Waals surface area contributed by atoms with Gasteiger partial charge in [-0.1, -0.05) is 0 Å². The maximum Gasteiger partial charge on any atom is 0.243 e. The highest BCUT2D eigenvalue weighted by molar-refractivity contribution is 5.83. The summed E-state index contributed by atoms with van der Waals surface area (Å²) in [5, 5.41) is 4.04. The highest BCUT2D eigenvalue weighted by Gasteiger charge is 2.37. The summed E-state index contributed by atoms with van der Waals surface area (Å²) in [7, 11) is 1.61. The van der Waals surface area contributed by atoms with Crippen LogP contribution in [0.1, 0.15) is 30.0 Å². The highest BCUT2D eigenvalue weighted by Crippen LogP contribution is 2.43. The van der Waals surface area contributed by atoms with Crippen molar-refractivity contribution in [1.29, 1.82) is 0 Å². The molecule has 7 heteroatoms. The van der Waals surface area contributed by atoms with Gasteiger partial charge in [0.15, 0.2) is 11.5 Å². The Morgan fingerprint density at radius 1 is 1.25 bits per heavy atom. The van der Waals surface area contributed by atoms with Crippen LogP contribution in [-0.4, -0.2) is 32.6 Å². The molecule has 0 spiro atoms. The number of fused-ring (bicyclic) bond motifs is 2. The second-order valence-corrected chi connectivity index (χ2v) is 6.94. The standard InChI is InChI=1S/C21H22N2O5/c1-21(11-20(24)23-22-12-14-3-5-16(25-2)6-4-14)17-10-19-18(26-13-27-19)9-15(17)7-8-28-21/h3-6,9-10,12H,7-8,11,13H2,1-2H3,(H,23,24)/b22-12-. The van der Waals surface area contributed by atoms with Crippen LogP contribution >= 0.6 is 0 Å². The normalized spacial score (nSPS) is 20.1. The predicted molar refractivity (Wildman–Crippen MR) is 103 cm³/mol. The molecule has 4 rings (SSSR count). The van der Waals surface area contributed by atoms with Gasteiger partial charge in [0, 0.05) is 0 Å². The van der Waals surface area contributed by atoms with E-state index in [1.807, 2.05) is 43.3 Å². The quantitative estimate of drug-likeness (QED) is 0.636. The SMILES string of the molecule is COc1ccc(/C=N\NC(=O)CC2(C)OCCc3cc4c(cc32)OCO4)cc1.